The van der Waals surface area contributed by atoms with Crippen molar-refractivity contribution >= 4 is 23.6 Å². The second-order valence-corrected chi connectivity index (χ2v) is 8.70. The van der Waals surface area contributed by atoms with Gasteiger partial charge >= 0.3 is 12.0 Å². The van der Waals surface area contributed by atoms with Gasteiger partial charge in [-0.05, 0) is 75.4 Å². The number of ether oxygens (including phenoxy) is 2. The molecule has 33 heavy (non-hydrogen) atoms. The number of urea groups is 1. The maximum atomic E-state index is 13.1. The fourth-order valence-electron chi connectivity index (χ4n) is 3.78. The molecule has 1 saturated heterocycles. The molecule has 1 aliphatic rings. The third-order valence-electron chi connectivity index (χ3n) is 5.88. The highest BCUT2D eigenvalue weighted by Crippen LogP contribution is 2.32. The Bertz CT molecular complexity index is 1060. The second-order valence-electron chi connectivity index (χ2n) is 8.70. The van der Waals surface area contributed by atoms with Crippen molar-refractivity contribution in [2.75, 3.05) is 18.1 Å². The van der Waals surface area contributed by atoms with E-state index >= 15 is 0 Å². The van der Waals surface area contributed by atoms with E-state index in [1.54, 1.807) is 20.8 Å². The minimum atomic E-state index is -1.18. The first kappa shape index (κ1) is 24.3. The van der Waals surface area contributed by atoms with Crippen LogP contribution in [0.2, 0.25) is 0 Å². The van der Waals surface area contributed by atoms with E-state index in [2.05, 4.69) is 6.92 Å². The maximum absolute atomic E-state index is 13.1. The summed E-state index contributed by atoms with van der Waals surface area (Å²) in [6, 6.07) is 11.1. The van der Waals surface area contributed by atoms with Crippen LogP contribution in [0.15, 0.2) is 36.4 Å². The first-order valence-electron chi connectivity index (χ1n) is 11.2. The number of aryl methyl sites for hydroxylation is 2. The summed E-state index contributed by atoms with van der Waals surface area (Å²) in [6.07, 6.45) is 0.906. The molecule has 0 N–H and O–H groups in total. The summed E-state index contributed by atoms with van der Waals surface area (Å²) in [4.78, 5) is 40.8. The van der Waals surface area contributed by atoms with Gasteiger partial charge in [-0.3, -0.25) is 14.6 Å². The molecule has 2 aromatic carbocycles. The van der Waals surface area contributed by atoms with E-state index in [9.17, 15) is 14.4 Å². The molecule has 2 aromatic rings. The SMILES string of the molecule is CCOC(=O)C(C)(C)Oc1c(C)ccc(CN2C(=O)CN(c3ccc(CC)cc3)C2=O)c1C. The van der Waals surface area contributed by atoms with Crippen molar-refractivity contribution < 1.29 is 23.9 Å². The van der Waals surface area contributed by atoms with Gasteiger partial charge in [0.1, 0.15) is 12.3 Å². The standard InChI is InChI=1S/C26H32N2O5/c1-7-19-10-13-21(14-11-19)27-16-22(29)28(25(27)31)15-20-12-9-17(3)23(18(20)4)33-26(5,6)24(30)32-8-2/h9-14H,7-8,15-16H2,1-6H3. The van der Waals surface area contributed by atoms with Gasteiger partial charge in [0.25, 0.3) is 5.91 Å². The molecule has 0 radical (unpaired) electrons. The number of carbonyl (C=O) groups is 3. The topological polar surface area (TPSA) is 76.2 Å². The molecule has 176 valence electrons. The first-order chi connectivity index (χ1) is 15.6. The van der Waals surface area contributed by atoms with Crippen molar-refractivity contribution in [3.63, 3.8) is 0 Å². The summed E-state index contributed by atoms with van der Waals surface area (Å²) >= 11 is 0. The molecule has 0 atom stereocenters. The molecule has 3 amide bonds. The van der Waals surface area contributed by atoms with E-state index < -0.39 is 11.6 Å². The molecule has 1 fully saturated rings. The molecule has 0 aromatic heterocycles. The third-order valence-corrected chi connectivity index (χ3v) is 5.88. The average molecular weight is 453 g/mol. The second kappa shape index (κ2) is 9.65. The summed E-state index contributed by atoms with van der Waals surface area (Å²) in [5, 5.41) is 0. The zero-order valence-electron chi connectivity index (χ0n) is 20.2. The Morgan fingerprint density at radius 2 is 1.70 bits per heavy atom. The smallest absolute Gasteiger partial charge is 0.349 e. The van der Waals surface area contributed by atoms with Crippen LogP contribution in [0, 0.1) is 13.8 Å². The van der Waals surface area contributed by atoms with Gasteiger partial charge in [0.05, 0.1) is 13.2 Å². The highest BCUT2D eigenvalue weighted by Gasteiger charge is 2.38. The van der Waals surface area contributed by atoms with E-state index in [0.717, 1.165) is 23.1 Å². The van der Waals surface area contributed by atoms with E-state index in [0.29, 0.717) is 11.4 Å². The number of rotatable bonds is 8. The summed E-state index contributed by atoms with van der Waals surface area (Å²) in [5.41, 5.74) is 3.10. The summed E-state index contributed by atoms with van der Waals surface area (Å²) in [7, 11) is 0. The predicted octanol–water partition coefficient (Wildman–Crippen LogP) is 4.56. The monoisotopic (exact) mass is 452 g/mol. The summed E-state index contributed by atoms with van der Waals surface area (Å²) in [5.74, 6) is -0.158. The van der Waals surface area contributed by atoms with Crippen molar-refractivity contribution in [2.24, 2.45) is 0 Å². The largest absolute Gasteiger partial charge is 0.476 e. The van der Waals surface area contributed by atoms with Crippen molar-refractivity contribution in [2.45, 2.75) is 60.1 Å². The lowest BCUT2D eigenvalue weighted by Crippen LogP contribution is -2.40. The third kappa shape index (κ3) is 5.02. The van der Waals surface area contributed by atoms with E-state index in [1.807, 2.05) is 50.2 Å². The predicted molar refractivity (Wildman–Crippen MR) is 126 cm³/mol. The van der Waals surface area contributed by atoms with Gasteiger partial charge in [-0.1, -0.05) is 31.2 Å². The molecular formula is C26H32N2O5. The molecule has 3 rings (SSSR count). The summed E-state index contributed by atoms with van der Waals surface area (Å²) < 4.78 is 11.2. The number of amides is 3. The molecular weight excluding hydrogens is 420 g/mol. The van der Waals surface area contributed by atoms with Crippen LogP contribution in [-0.4, -0.2) is 41.6 Å². The number of nitrogens with zero attached hydrogens (tertiary/aromatic N) is 2. The number of benzene rings is 2. The van der Waals surface area contributed by atoms with Crippen molar-refractivity contribution in [3.05, 3.63) is 58.7 Å². The lowest BCUT2D eigenvalue weighted by molar-refractivity contribution is -0.158. The maximum Gasteiger partial charge on any atom is 0.349 e. The zero-order chi connectivity index (χ0) is 24.3. The number of imide groups is 1. The van der Waals surface area contributed by atoms with Gasteiger partial charge in [-0.25, -0.2) is 9.59 Å². The Morgan fingerprint density at radius 1 is 1.03 bits per heavy atom. The molecule has 1 aliphatic heterocycles. The van der Waals surface area contributed by atoms with Crippen LogP contribution in [0.3, 0.4) is 0 Å². The van der Waals surface area contributed by atoms with Crippen LogP contribution in [0.5, 0.6) is 5.75 Å². The Kier molecular flexibility index (Phi) is 7.10. The Balaban J connectivity index is 1.83. The van der Waals surface area contributed by atoms with Gasteiger partial charge in [0.15, 0.2) is 5.60 Å². The Hall–Kier alpha value is -3.35. The van der Waals surface area contributed by atoms with E-state index in [1.165, 1.54) is 15.4 Å². The average Bonchev–Trinajstić information content (AvgIpc) is 3.06. The normalized spacial score (nSPS) is 14.1. The minimum absolute atomic E-state index is 0.00839. The van der Waals surface area contributed by atoms with Crippen LogP contribution < -0.4 is 9.64 Å². The molecule has 1 heterocycles. The molecule has 0 saturated carbocycles. The molecule has 7 heteroatoms. The van der Waals surface area contributed by atoms with Crippen molar-refractivity contribution in [1.82, 2.24) is 4.90 Å². The summed E-state index contributed by atoms with van der Waals surface area (Å²) in [6.45, 7) is 11.3. The number of anilines is 1. The van der Waals surface area contributed by atoms with Crippen molar-refractivity contribution in [1.29, 1.82) is 0 Å². The van der Waals surface area contributed by atoms with E-state index in [-0.39, 0.29) is 31.6 Å². The Labute approximate surface area is 195 Å². The fraction of sp³-hybridized carbons (Fsp3) is 0.423. The van der Waals surface area contributed by atoms with E-state index in [4.69, 9.17) is 9.47 Å². The molecule has 0 aliphatic carbocycles. The van der Waals surface area contributed by atoms with Gasteiger partial charge in [-0.2, -0.15) is 0 Å². The van der Waals surface area contributed by atoms with Crippen LogP contribution >= 0.6 is 0 Å². The van der Waals surface area contributed by atoms with Gasteiger partial charge in [0, 0.05) is 5.69 Å². The van der Waals surface area contributed by atoms with Crippen LogP contribution in [0.4, 0.5) is 10.5 Å². The quantitative estimate of drug-likeness (QED) is 0.434. The van der Waals surface area contributed by atoms with Crippen LogP contribution in [0.1, 0.15) is 49.9 Å². The van der Waals surface area contributed by atoms with Crippen molar-refractivity contribution in [3.8, 4) is 5.75 Å². The minimum Gasteiger partial charge on any atom is -0.476 e. The lowest BCUT2D eigenvalue weighted by atomic mass is 10.0. The highest BCUT2D eigenvalue weighted by atomic mass is 16.6. The molecule has 0 unspecified atom stereocenters. The number of hydrogen-bond donors (Lipinski definition) is 0. The lowest BCUT2D eigenvalue weighted by Gasteiger charge is -2.27. The molecule has 0 bridgehead atoms. The fourth-order valence-corrected chi connectivity index (χ4v) is 3.78. The first-order valence-corrected chi connectivity index (χ1v) is 11.2. The van der Waals surface area contributed by atoms with Crippen LogP contribution in [-0.2, 0) is 27.3 Å². The highest BCUT2D eigenvalue weighted by molar-refractivity contribution is 6.12. The molecule has 7 nitrogen and oxygen atoms in total. The zero-order valence-corrected chi connectivity index (χ0v) is 20.2. The number of esters is 1. The van der Waals surface area contributed by atoms with Gasteiger partial charge < -0.3 is 9.47 Å². The van der Waals surface area contributed by atoms with Crippen LogP contribution in [0.25, 0.3) is 0 Å². The molecule has 0 spiro atoms. The van der Waals surface area contributed by atoms with Gasteiger partial charge in [-0.15, -0.1) is 0 Å². The van der Waals surface area contributed by atoms with Gasteiger partial charge in [0.2, 0.25) is 0 Å². The number of carbonyl (C=O) groups excluding carboxylic acids is 3. The number of hydrogen-bond acceptors (Lipinski definition) is 5. The Morgan fingerprint density at radius 3 is 2.30 bits per heavy atom.